The van der Waals surface area contributed by atoms with Gasteiger partial charge in [0.25, 0.3) is 0 Å². The fraction of sp³-hybridized carbons (Fsp3) is 0.625. The lowest BCUT2D eigenvalue weighted by atomic mass is 9.98. The first-order valence-electron chi connectivity index (χ1n) is 7.27. The number of rotatable bonds is 6. The highest BCUT2D eigenvalue weighted by Crippen LogP contribution is 2.29. The minimum atomic E-state index is -0.632. The summed E-state index contributed by atoms with van der Waals surface area (Å²) in [5.41, 5.74) is 1.96. The van der Waals surface area contributed by atoms with Crippen LogP contribution in [0.15, 0.2) is 18.2 Å². The highest BCUT2D eigenvalue weighted by molar-refractivity contribution is 5.40. The molecule has 1 aromatic rings. The molecule has 1 aliphatic rings. The van der Waals surface area contributed by atoms with Crippen molar-refractivity contribution in [1.82, 2.24) is 5.32 Å². The van der Waals surface area contributed by atoms with Crippen LogP contribution in [0.2, 0.25) is 0 Å². The zero-order valence-corrected chi connectivity index (χ0v) is 12.2. The smallest absolute Gasteiger partial charge is 0.122 e. The van der Waals surface area contributed by atoms with Crippen molar-refractivity contribution >= 4 is 0 Å². The molecule has 1 aromatic carbocycles. The number of fused-ring (bicyclic) bond motifs is 1. The first kappa shape index (κ1) is 14.4. The molecule has 0 aromatic heterocycles. The molecule has 0 bridgehead atoms. The van der Waals surface area contributed by atoms with Crippen LogP contribution in [0.1, 0.15) is 50.8 Å². The number of hydrogen-bond acceptors (Lipinski definition) is 3. The van der Waals surface area contributed by atoms with Crippen molar-refractivity contribution in [3.63, 3.8) is 0 Å². The van der Waals surface area contributed by atoms with Crippen LogP contribution >= 0.6 is 0 Å². The summed E-state index contributed by atoms with van der Waals surface area (Å²) in [5.74, 6) is 1.03. The van der Waals surface area contributed by atoms with Crippen molar-refractivity contribution in [3.05, 3.63) is 29.3 Å². The Morgan fingerprint density at radius 3 is 2.89 bits per heavy atom. The maximum atomic E-state index is 10.1. The summed E-state index contributed by atoms with van der Waals surface area (Å²) in [6.45, 7) is 7.48. The molecule has 1 aliphatic heterocycles. The summed E-state index contributed by atoms with van der Waals surface area (Å²) in [6, 6.07) is 6.74. The molecule has 0 spiro atoms. The molecule has 3 nitrogen and oxygen atoms in total. The minimum absolute atomic E-state index is 0.295. The van der Waals surface area contributed by atoms with Crippen molar-refractivity contribution in [2.75, 3.05) is 13.2 Å². The van der Waals surface area contributed by atoms with Gasteiger partial charge in [-0.1, -0.05) is 26.0 Å². The van der Waals surface area contributed by atoms with E-state index in [9.17, 15) is 5.11 Å². The van der Waals surface area contributed by atoms with Gasteiger partial charge in [0.15, 0.2) is 0 Å². The van der Waals surface area contributed by atoms with Gasteiger partial charge in [-0.2, -0.15) is 0 Å². The fourth-order valence-electron chi connectivity index (χ4n) is 2.39. The van der Waals surface area contributed by atoms with Crippen molar-refractivity contribution in [2.24, 2.45) is 0 Å². The molecule has 2 unspecified atom stereocenters. The highest BCUT2D eigenvalue weighted by atomic mass is 16.5. The summed E-state index contributed by atoms with van der Waals surface area (Å²) < 4.78 is 5.54. The Hall–Kier alpha value is -1.06. The van der Waals surface area contributed by atoms with E-state index in [0.29, 0.717) is 12.6 Å². The van der Waals surface area contributed by atoms with Gasteiger partial charge in [0, 0.05) is 19.0 Å². The number of benzene rings is 1. The second-order valence-electron chi connectivity index (χ2n) is 5.66. The Balaban J connectivity index is 2.05. The van der Waals surface area contributed by atoms with Crippen molar-refractivity contribution < 1.29 is 9.84 Å². The van der Waals surface area contributed by atoms with Gasteiger partial charge in [0.05, 0.1) is 12.2 Å². The molecule has 106 valence electrons. The molecule has 0 aliphatic carbocycles. The number of nitrogens with one attached hydrogen (secondary N) is 1. The van der Waals surface area contributed by atoms with E-state index >= 15 is 0 Å². The summed E-state index contributed by atoms with van der Waals surface area (Å²) in [6.07, 6.45) is 2.78. The van der Waals surface area contributed by atoms with Gasteiger partial charge in [-0.25, -0.2) is 0 Å². The van der Waals surface area contributed by atoms with E-state index in [1.54, 1.807) is 0 Å². The molecule has 0 fully saturated rings. The van der Waals surface area contributed by atoms with Gasteiger partial charge in [-0.15, -0.1) is 0 Å². The Bertz CT molecular complexity index is 429. The molecule has 0 amide bonds. The van der Waals surface area contributed by atoms with E-state index in [1.807, 2.05) is 13.8 Å². The summed E-state index contributed by atoms with van der Waals surface area (Å²) in [4.78, 5) is 0. The van der Waals surface area contributed by atoms with Crippen LogP contribution in [0.3, 0.4) is 0 Å². The maximum Gasteiger partial charge on any atom is 0.122 e. The molecule has 2 atom stereocenters. The SMILES string of the molecule is CCC(NCC(C)(O)CC)c1ccc2c(c1)CCO2. The first-order chi connectivity index (χ1) is 9.05. The quantitative estimate of drug-likeness (QED) is 0.829. The summed E-state index contributed by atoms with van der Waals surface area (Å²) in [5, 5.41) is 13.6. The molecule has 3 heteroatoms. The molecular formula is C16H25NO2. The van der Waals surface area contributed by atoms with Crippen molar-refractivity contribution in [1.29, 1.82) is 0 Å². The van der Waals surface area contributed by atoms with Gasteiger partial charge in [-0.05, 0) is 37.0 Å². The summed E-state index contributed by atoms with van der Waals surface area (Å²) in [7, 11) is 0. The monoisotopic (exact) mass is 263 g/mol. The lowest BCUT2D eigenvalue weighted by molar-refractivity contribution is 0.0526. The van der Waals surface area contributed by atoms with Gasteiger partial charge in [0.2, 0.25) is 0 Å². The molecule has 0 saturated heterocycles. The van der Waals surface area contributed by atoms with Crippen LogP contribution in [0, 0.1) is 0 Å². The van der Waals surface area contributed by atoms with E-state index in [1.165, 1.54) is 11.1 Å². The second-order valence-corrected chi connectivity index (χ2v) is 5.66. The maximum absolute atomic E-state index is 10.1. The highest BCUT2D eigenvalue weighted by Gasteiger charge is 2.21. The third-order valence-corrected chi connectivity index (χ3v) is 4.02. The van der Waals surface area contributed by atoms with E-state index in [4.69, 9.17) is 4.74 Å². The molecule has 2 N–H and O–H groups in total. The largest absolute Gasteiger partial charge is 0.493 e. The van der Waals surface area contributed by atoms with Crippen LogP contribution in [0.5, 0.6) is 5.75 Å². The van der Waals surface area contributed by atoms with E-state index in [2.05, 4.69) is 30.4 Å². The fourth-order valence-corrected chi connectivity index (χ4v) is 2.39. The second kappa shape index (κ2) is 5.93. The Kier molecular flexibility index (Phi) is 4.48. The first-order valence-corrected chi connectivity index (χ1v) is 7.27. The van der Waals surface area contributed by atoms with Crippen LogP contribution in [0.25, 0.3) is 0 Å². The molecular weight excluding hydrogens is 238 g/mol. The Morgan fingerprint density at radius 1 is 1.42 bits per heavy atom. The molecule has 19 heavy (non-hydrogen) atoms. The lowest BCUT2D eigenvalue weighted by Gasteiger charge is -2.26. The zero-order valence-electron chi connectivity index (χ0n) is 12.2. The van der Waals surface area contributed by atoms with E-state index in [-0.39, 0.29) is 0 Å². The van der Waals surface area contributed by atoms with Crippen LogP contribution in [0.4, 0.5) is 0 Å². The van der Waals surface area contributed by atoms with E-state index < -0.39 is 5.60 Å². The standard InChI is InChI=1S/C16H25NO2/c1-4-14(17-11-16(3,18)5-2)12-6-7-15-13(10-12)8-9-19-15/h6-7,10,14,17-18H,4-5,8-9,11H2,1-3H3. The predicted octanol–water partition coefficient (Wildman–Crippen LogP) is 2.82. The average molecular weight is 263 g/mol. The molecule has 0 saturated carbocycles. The topological polar surface area (TPSA) is 41.5 Å². The van der Waals surface area contributed by atoms with Gasteiger partial charge in [0.1, 0.15) is 5.75 Å². The van der Waals surface area contributed by atoms with Crippen LogP contribution < -0.4 is 10.1 Å². The normalized spacial score (nSPS) is 18.5. The zero-order chi connectivity index (χ0) is 13.9. The molecule has 1 heterocycles. The van der Waals surface area contributed by atoms with Crippen LogP contribution in [-0.2, 0) is 6.42 Å². The van der Waals surface area contributed by atoms with Crippen LogP contribution in [-0.4, -0.2) is 23.9 Å². The summed E-state index contributed by atoms with van der Waals surface area (Å²) >= 11 is 0. The predicted molar refractivity (Wildman–Crippen MR) is 77.6 cm³/mol. The average Bonchev–Trinajstić information content (AvgIpc) is 2.87. The third kappa shape index (κ3) is 3.48. The number of ether oxygens (including phenoxy) is 1. The van der Waals surface area contributed by atoms with Gasteiger partial charge in [-0.3, -0.25) is 0 Å². The third-order valence-electron chi connectivity index (χ3n) is 4.02. The van der Waals surface area contributed by atoms with Gasteiger partial charge >= 0.3 is 0 Å². The van der Waals surface area contributed by atoms with Crippen molar-refractivity contribution in [2.45, 2.75) is 51.7 Å². The molecule has 2 rings (SSSR count). The van der Waals surface area contributed by atoms with Crippen molar-refractivity contribution in [3.8, 4) is 5.75 Å². The van der Waals surface area contributed by atoms with Gasteiger partial charge < -0.3 is 15.2 Å². The number of hydrogen-bond donors (Lipinski definition) is 2. The van der Waals surface area contributed by atoms with E-state index in [0.717, 1.165) is 31.6 Å². The Morgan fingerprint density at radius 2 is 2.21 bits per heavy atom. The minimum Gasteiger partial charge on any atom is -0.493 e. The number of aliphatic hydroxyl groups is 1. The molecule has 0 radical (unpaired) electrons. The Labute approximate surface area is 116 Å². The lowest BCUT2D eigenvalue weighted by Crippen LogP contribution is -2.38.